The van der Waals surface area contributed by atoms with E-state index in [9.17, 15) is 35.9 Å². The molecule has 1 aromatic carbocycles. The van der Waals surface area contributed by atoms with Crippen molar-refractivity contribution < 1.29 is 35.5 Å². The van der Waals surface area contributed by atoms with Gasteiger partial charge in [0.2, 0.25) is 5.91 Å². The zero-order valence-corrected chi connectivity index (χ0v) is 20.4. The van der Waals surface area contributed by atoms with Gasteiger partial charge in [-0.3, -0.25) is 9.59 Å². The fourth-order valence-electron chi connectivity index (χ4n) is 4.29. The van der Waals surface area contributed by atoms with Crippen molar-refractivity contribution in [2.75, 3.05) is 18.0 Å². The summed E-state index contributed by atoms with van der Waals surface area (Å²) in [5.41, 5.74) is -5.59. The van der Waals surface area contributed by atoms with Gasteiger partial charge in [-0.2, -0.15) is 26.3 Å². The number of aryl methyl sites for hydroxylation is 1. The van der Waals surface area contributed by atoms with Crippen LogP contribution in [0, 0.1) is 18.7 Å². The Balaban J connectivity index is 1.53. The summed E-state index contributed by atoms with van der Waals surface area (Å²) in [7, 11) is 0. The molecule has 0 aliphatic carbocycles. The summed E-state index contributed by atoms with van der Waals surface area (Å²) >= 11 is 0. The Morgan fingerprint density at radius 1 is 1.08 bits per heavy atom. The van der Waals surface area contributed by atoms with Gasteiger partial charge in [-0.05, 0) is 37.5 Å². The lowest BCUT2D eigenvalue weighted by atomic mass is 9.95. The predicted octanol–water partition coefficient (Wildman–Crippen LogP) is 4.85. The first kappa shape index (κ1) is 28.0. The molecule has 1 saturated heterocycles. The molecule has 0 atom stereocenters. The van der Waals surface area contributed by atoms with Crippen molar-refractivity contribution in [3.63, 3.8) is 0 Å². The zero-order valence-electron chi connectivity index (χ0n) is 20.4. The second-order valence-electron chi connectivity index (χ2n) is 9.11. The number of hydrogen-bond acceptors (Lipinski definition) is 5. The van der Waals surface area contributed by atoms with Gasteiger partial charge in [0.25, 0.3) is 5.56 Å². The maximum atomic E-state index is 15.4. The van der Waals surface area contributed by atoms with Crippen LogP contribution >= 0.6 is 0 Å². The Morgan fingerprint density at radius 3 is 2.36 bits per heavy atom. The highest BCUT2D eigenvalue weighted by atomic mass is 19.4. The van der Waals surface area contributed by atoms with E-state index in [-0.39, 0.29) is 6.07 Å². The number of aromatic amines is 1. The lowest BCUT2D eigenvalue weighted by molar-refractivity contribution is -0.141. The summed E-state index contributed by atoms with van der Waals surface area (Å²) in [6.07, 6.45) is -7.69. The number of amides is 1. The first-order valence-electron chi connectivity index (χ1n) is 11.8. The van der Waals surface area contributed by atoms with Gasteiger partial charge in [0.15, 0.2) is 5.69 Å². The molecule has 2 N–H and O–H groups in total. The van der Waals surface area contributed by atoms with Crippen molar-refractivity contribution in [3.8, 4) is 11.4 Å². The van der Waals surface area contributed by atoms with E-state index in [1.54, 1.807) is 11.2 Å². The highest BCUT2D eigenvalue weighted by Gasteiger charge is 2.38. The van der Waals surface area contributed by atoms with Crippen LogP contribution in [0.5, 0.6) is 0 Å². The van der Waals surface area contributed by atoms with Gasteiger partial charge >= 0.3 is 12.4 Å². The van der Waals surface area contributed by atoms with Crippen LogP contribution in [-0.4, -0.2) is 33.9 Å². The number of aromatic nitrogens is 3. The van der Waals surface area contributed by atoms with Crippen molar-refractivity contribution in [3.05, 3.63) is 75.1 Å². The number of alkyl halides is 6. The van der Waals surface area contributed by atoms with E-state index in [0.29, 0.717) is 32.0 Å². The number of hydrogen-bond donors (Lipinski definition) is 2. The Kier molecular flexibility index (Phi) is 7.66. The average molecular weight is 557 g/mol. The number of halogens is 7. The monoisotopic (exact) mass is 557 g/mol. The lowest BCUT2D eigenvalue weighted by Crippen LogP contribution is -2.40. The minimum atomic E-state index is -5.18. The predicted molar refractivity (Wildman–Crippen MR) is 126 cm³/mol. The fourth-order valence-corrected chi connectivity index (χ4v) is 4.29. The van der Waals surface area contributed by atoms with Gasteiger partial charge in [-0.25, -0.2) is 14.4 Å². The highest BCUT2D eigenvalue weighted by molar-refractivity contribution is 5.79. The van der Waals surface area contributed by atoms with Crippen molar-refractivity contribution in [2.45, 2.75) is 38.7 Å². The Hall–Kier alpha value is -3.97. The summed E-state index contributed by atoms with van der Waals surface area (Å²) in [5, 5.41) is 2.49. The summed E-state index contributed by atoms with van der Waals surface area (Å²) < 4.78 is 95.6. The van der Waals surface area contributed by atoms with E-state index in [1.165, 1.54) is 0 Å². The molecule has 0 bridgehead atoms. The van der Waals surface area contributed by atoms with Gasteiger partial charge in [-0.15, -0.1) is 0 Å². The normalized spacial score (nSPS) is 14.9. The third-order valence-electron chi connectivity index (χ3n) is 6.33. The molecule has 0 radical (unpaired) electrons. The minimum Gasteiger partial charge on any atom is -0.357 e. The number of anilines is 1. The quantitative estimate of drug-likeness (QED) is 0.438. The highest BCUT2D eigenvalue weighted by Crippen LogP contribution is 2.39. The molecule has 3 aromatic rings. The topological polar surface area (TPSA) is 91.0 Å². The number of H-pyrrole nitrogens is 1. The number of nitrogens with one attached hydrogen (secondary N) is 2. The largest absolute Gasteiger partial charge is 0.433 e. The Morgan fingerprint density at radius 2 is 1.77 bits per heavy atom. The molecule has 0 unspecified atom stereocenters. The lowest BCUT2D eigenvalue weighted by Gasteiger charge is -2.32. The number of piperidine rings is 1. The van der Waals surface area contributed by atoms with E-state index in [1.807, 2.05) is 24.0 Å². The molecule has 14 heteroatoms. The maximum absolute atomic E-state index is 15.4. The second-order valence-corrected chi connectivity index (χ2v) is 9.11. The molecule has 0 saturated carbocycles. The third-order valence-corrected chi connectivity index (χ3v) is 6.33. The van der Waals surface area contributed by atoms with Crippen LogP contribution < -0.4 is 15.8 Å². The second kappa shape index (κ2) is 10.7. The average Bonchev–Trinajstić information content (AvgIpc) is 2.86. The molecule has 3 heterocycles. The molecule has 4 rings (SSSR count). The van der Waals surface area contributed by atoms with Crippen molar-refractivity contribution in [2.24, 2.45) is 5.92 Å². The molecule has 1 fully saturated rings. The molecule has 1 amide bonds. The van der Waals surface area contributed by atoms with Crippen LogP contribution in [0.3, 0.4) is 0 Å². The van der Waals surface area contributed by atoms with Crippen LogP contribution in [0.4, 0.5) is 36.6 Å². The molecular formula is C25H22F7N5O2. The van der Waals surface area contributed by atoms with Crippen molar-refractivity contribution in [1.82, 2.24) is 20.3 Å². The molecule has 39 heavy (non-hydrogen) atoms. The van der Waals surface area contributed by atoms with E-state index >= 15 is 4.39 Å². The number of rotatable bonds is 5. The molecule has 208 valence electrons. The van der Waals surface area contributed by atoms with E-state index < -0.39 is 70.3 Å². The first-order valence-corrected chi connectivity index (χ1v) is 11.8. The van der Waals surface area contributed by atoms with E-state index in [0.717, 1.165) is 17.4 Å². The van der Waals surface area contributed by atoms with Crippen LogP contribution in [0.25, 0.3) is 11.4 Å². The third kappa shape index (κ3) is 6.37. The number of benzene rings is 1. The minimum absolute atomic E-state index is 0.0545. The van der Waals surface area contributed by atoms with Crippen LogP contribution in [0.15, 0.2) is 41.3 Å². The number of carbonyl (C=O) groups is 1. The van der Waals surface area contributed by atoms with E-state index in [2.05, 4.69) is 15.3 Å². The summed E-state index contributed by atoms with van der Waals surface area (Å²) in [5.74, 6) is -2.92. The van der Waals surface area contributed by atoms with Gasteiger partial charge in [0.1, 0.15) is 17.5 Å². The van der Waals surface area contributed by atoms with Crippen LogP contribution in [0.1, 0.15) is 35.2 Å². The standard InChI is InChI=1S/C25H22F7N5O2/c1-13-2-5-18(33-11-13)37-8-6-14(7-9-37)23(39)34-12-15-3-4-16(24(27,28)29)20(21(15)26)22-35-17(25(30,31)32)10-19(38)36-22/h2-5,10-11,14H,6-9,12H2,1H3,(H,34,39)(H,35,36,38). The Bertz CT molecular complexity index is 1410. The molecule has 0 spiro atoms. The fraction of sp³-hybridized carbons (Fsp3) is 0.360. The smallest absolute Gasteiger partial charge is 0.357 e. The molecule has 2 aromatic heterocycles. The number of nitrogens with zero attached hydrogens (tertiary/aromatic N) is 3. The molecule has 7 nitrogen and oxygen atoms in total. The molecule has 1 aliphatic heterocycles. The van der Waals surface area contributed by atoms with Crippen LogP contribution in [0.2, 0.25) is 0 Å². The van der Waals surface area contributed by atoms with Crippen molar-refractivity contribution >= 4 is 11.7 Å². The number of carbonyl (C=O) groups excluding carboxylic acids is 1. The summed E-state index contributed by atoms with van der Waals surface area (Å²) in [6, 6.07) is 5.08. The molecule has 1 aliphatic rings. The zero-order chi connectivity index (χ0) is 28.5. The van der Waals surface area contributed by atoms with Gasteiger partial charge in [0, 0.05) is 43.4 Å². The van der Waals surface area contributed by atoms with Gasteiger partial charge in [-0.1, -0.05) is 12.1 Å². The summed E-state index contributed by atoms with van der Waals surface area (Å²) in [4.78, 5) is 35.6. The van der Waals surface area contributed by atoms with Gasteiger partial charge < -0.3 is 15.2 Å². The number of pyridine rings is 1. The Labute approximate surface area is 217 Å². The van der Waals surface area contributed by atoms with E-state index in [4.69, 9.17) is 0 Å². The van der Waals surface area contributed by atoms with Crippen molar-refractivity contribution in [1.29, 1.82) is 0 Å². The first-order chi connectivity index (χ1) is 18.2. The summed E-state index contributed by atoms with van der Waals surface area (Å²) in [6.45, 7) is 2.44. The maximum Gasteiger partial charge on any atom is 0.433 e. The van der Waals surface area contributed by atoms with Crippen LogP contribution in [-0.2, 0) is 23.7 Å². The molecular weight excluding hydrogens is 535 g/mol. The van der Waals surface area contributed by atoms with Gasteiger partial charge in [0.05, 0.1) is 11.1 Å². The SMILES string of the molecule is Cc1ccc(N2CCC(C(=O)NCc3ccc(C(F)(F)F)c(-c4nc(C(F)(F)F)cc(=O)[nH]4)c3F)CC2)nc1.